The van der Waals surface area contributed by atoms with Gasteiger partial charge in [0.1, 0.15) is 11.6 Å². The van der Waals surface area contributed by atoms with Crippen molar-refractivity contribution in [2.24, 2.45) is 0 Å². The summed E-state index contributed by atoms with van der Waals surface area (Å²) in [6, 6.07) is 10.9. The lowest BCUT2D eigenvalue weighted by molar-refractivity contribution is -0.125. The molecule has 144 valence electrons. The largest absolute Gasteiger partial charge is 0.360 e. The van der Waals surface area contributed by atoms with E-state index in [1.807, 2.05) is 6.07 Å². The lowest BCUT2D eigenvalue weighted by Gasteiger charge is -2.17. The maximum atomic E-state index is 13.3. The van der Waals surface area contributed by atoms with Gasteiger partial charge in [0.15, 0.2) is 5.82 Å². The number of aryl methyl sites for hydroxylation is 1. The summed E-state index contributed by atoms with van der Waals surface area (Å²) in [4.78, 5) is 28.8. The summed E-state index contributed by atoms with van der Waals surface area (Å²) >= 11 is 0. The number of anilines is 1. The third-order valence-corrected chi connectivity index (χ3v) is 4.07. The van der Waals surface area contributed by atoms with Gasteiger partial charge in [-0.25, -0.2) is 4.39 Å². The molecule has 0 aliphatic rings. The van der Waals surface area contributed by atoms with Crippen LogP contribution in [0.4, 0.5) is 10.2 Å². The Balaban J connectivity index is 1.67. The van der Waals surface area contributed by atoms with Gasteiger partial charge in [-0.3, -0.25) is 14.6 Å². The highest BCUT2D eigenvalue weighted by Gasteiger charge is 2.22. The lowest BCUT2D eigenvalue weighted by Crippen LogP contribution is -2.36. The first kappa shape index (κ1) is 19.2. The molecule has 0 aliphatic heterocycles. The average molecular weight is 382 g/mol. The normalized spacial score (nSPS) is 11.6. The molecule has 0 bridgehead atoms. The molecule has 0 aliphatic carbocycles. The fraction of sp³-hybridized carbons (Fsp3) is 0.200. The van der Waals surface area contributed by atoms with Gasteiger partial charge in [0.2, 0.25) is 11.8 Å². The van der Waals surface area contributed by atoms with Crippen molar-refractivity contribution in [3.05, 3.63) is 77.6 Å². The minimum Gasteiger partial charge on any atom is -0.360 e. The number of hydrogen-bond donors (Lipinski definition) is 2. The number of rotatable bonds is 7. The van der Waals surface area contributed by atoms with E-state index < -0.39 is 11.8 Å². The third kappa shape index (κ3) is 5.23. The molecule has 2 amide bonds. The van der Waals surface area contributed by atoms with Crippen molar-refractivity contribution in [1.82, 2.24) is 15.5 Å². The van der Waals surface area contributed by atoms with E-state index in [1.54, 1.807) is 43.6 Å². The Labute approximate surface area is 161 Å². The highest BCUT2D eigenvalue weighted by molar-refractivity contribution is 5.95. The maximum Gasteiger partial charge on any atom is 0.245 e. The number of nitrogens with one attached hydrogen (secondary N) is 2. The van der Waals surface area contributed by atoms with E-state index in [0.717, 1.165) is 5.56 Å². The maximum absolute atomic E-state index is 13.3. The molecule has 2 heterocycles. The van der Waals surface area contributed by atoms with Gasteiger partial charge in [-0.05, 0) is 42.7 Å². The molecule has 3 aromatic rings. The first-order chi connectivity index (χ1) is 13.5. The van der Waals surface area contributed by atoms with Crippen LogP contribution in [0.25, 0.3) is 0 Å². The van der Waals surface area contributed by atoms with Crippen molar-refractivity contribution in [2.45, 2.75) is 19.3 Å². The number of hydrogen-bond acceptors (Lipinski definition) is 5. The van der Waals surface area contributed by atoms with Crippen molar-refractivity contribution < 1.29 is 18.5 Å². The number of benzene rings is 1. The van der Waals surface area contributed by atoms with Crippen LogP contribution in [0.2, 0.25) is 0 Å². The topological polar surface area (TPSA) is 97.1 Å². The summed E-state index contributed by atoms with van der Waals surface area (Å²) in [6.07, 6.45) is 3.69. The van der Waals surface area contributed by atoms with E-state index >= 15 is 0 Å². The van der Waals surface area contributed by atoms with E-state index in [0.29, 0.717) is 17.7 Å². The molecule has 3 rings (SSSR count). The van der Waals surface area contributed by atoms with E-state index in [9.17, 15) is 14.0 Å². The number of pyridine rings is 1. The predicted molar refractivity (Wildman–Crippen MR) is 100.0 cm³/mol. The average Bonchev–Trinajstić information content (AvgIpc) is 3.10. The standard InChI is InChI=1S/C20H19FN4O3/c1-13-9-18(25-28-13)24-19(26)12-23-20(27)17(10-14-3-2-8-22-11-14)15-4-6-16(21)7-5-15/h2-9,11,17H,10,12H2,1H3,(H,23,27)(H,24,25,26). The second-order valence-electron chi connectivity index (χ2n) is 6.26. The lowest BCUT2D eigenvalue weighted by atomic mass is 9.91. The number of amides is 2. The molecular weight excluding hydrogens is 363 g/mol. The molecule has 1 aromatic carbocycles. The van der Waals surface area contributed by atoms with E-state index in [1.165, 1.54) is 12.1 Å². The van der Waals surface area contributed by atoms with E-state index in [4.69, 9.17) is 4.52 Å². The van der Waals surface area contributed by atoms with Gasteiger partial charge in [0, 0.05) is 18.5 Å². The predicted octanol–water partition coefficient (Wildman–Crippen LogP) is 2.60. The van der Waals surface area contributed by atoms with Crippen molar-refractivity contribution in [2.75, 3.05) is 11.9 Å². The van der Waals surface area contributed by atoms with E-state index in [2.05, 4.69) is 20.8 Å². The molecule has 0 saturated carbocycles. The summed E-state index contributed by atoms with van der Waals surface area (Å²) in [5.74, 6) is -0.907. The number of nitrogens with zero attached hydrogens (tertiary/aromatic N) is 2. The van der Waals surface area contributed by atoms with Crippen molar-refractivity contribution in [3.63, 3.8) is 0 Å². The molecule has 2 aromatic heterocycles. The summed E-state index contributed by atoms with van der Waals surface area (Å²) in [5.41, 5.74) is 1.50. The number of aromatic nitrogens is 2. The Morgan fingerprint density at radius 3 is 2.64 bits per heavy atom. The van der Waals surface area contributed by atoms with Crippen LogP contribution in [0.15, 0.2) is 59.4 Å². The van der Waals surface area contributed by atoms with Gasteiger partial charge in [-0.1, -0.05) is 23.4 Å². The van der Waals surface area contributed by atoms with E-state index in [-0.39, 0.29) is 24.1 Å². The first-order valence-electron chi connectivity index (χ1n) is 8.66. The molecule has 1 atom stereocenters. The number of carbonyl (C=O) groups is 2. The summed E-state index contributed by atoms with van der Waals surface area (Å²) in [6.45, 7) is 1.48. The number of halogens is 1. The van der Waals surface area contributed by atoms with Gasteiger partial charge < -0.3 is 15.2 Å². The van der Waals surface area contributed by atoms with Gasteiger partial charge in [0.05, 0.1) is 12.5 Å². The van der Waals surface area contributed by atoms with Gasteiger partial charge >= 0.3 is 0 Å². The minimum absolute atomic E-state index is 0.227. The molecule has 8 heteroatoms. The highest BCUT2D eigenvalue weighted by Crippen LogP contribution is 2.21. The Kier molecular flexibility index (Phi) is 6.11. The summed E-state index contributed by atoms with van der Waals surface area (Å²) in [7, 11) is 0. The fourth-order valence-electron chi connectivity index (χ4n) is 2.71. The molecule has 0 spiro atoms. The Morgan fingerprint density at radius 1 is 1.21 bits per heavy atom. The van der Waals surface area contributed by atoms with Crippen LogP contribution in [-0.2, 0) is 16.0 Å². The minimum atomic E-state index is -0.591. The van der Waals surface area contributed by atoms with Gasteiger partial charge in [-0.2, -0.15) is 0 Å². The molecular formula is C20H19FN4O3. The molecule has 1 unspecified atom stereocenters. The zero-order valence-electron chi connectivity index (χ0n) is 15.2. The number of carbonyl (C=O) groups excluding carboxylic acids is 2. The Morgan fingerprint density at radius 2 is 2.00 bits per heavy atom. The Hall–Kier alpha value is -3.55. The van der Waals surface area contributed by atoms with Crippen LogP contribution >= 0.6 is 0 Å². The summed E-state index contributed by atoms with van der Waals surface area (Å²) in [5, 5.41) is 8.82. The zero-order chi connectivity index (χ0) is 19.9. The van der Waals surface area contributed by atoms with Crippen molar-refractivity contribution >= 4 is 17.6 Å². The molecule has 0 fully saturated rings. The quantitative estimate of drug-likeness (QED) is 0.655. The molecule has 2 N–H and O–H groups in total. The van der Waals surface area contributed by atoms with Crippen LogP contribution in [0.3, 0.4) is 0 Å². The molecule has 7 nitrogen and oxygen atoms in total. The zero-order valence-corrected chi connectivity index (χ0v) is 15.2. The van der Waals surface area contributed by atoms with Gasteiger partial charge in [0.25, 0.3) is 0 Å². The second-order valence-corrected chi connectivity index (χ2v) is 6.26. The van der Waals surface area contributed by atoms with Crippen LogP contribution in [-0.4, -0.2) is 28.5 Å². The van der Waals surface area contributed by atoms with Crippen LogP contribution in [0, 0.1) is 12.7 Å². The van der Waals surface area contributed by atoms with Crippen LogP contribution < -0.4 is 10.6 Å². The van der Waals surface area contributed by atoms with Crippen molar-refractivity contribution in [1.29, 1.82) is 0 Å². The molecule has 0 radical (unpaired) electrons. The fourth-order valence-corrected chi connectivity index (χ4v) is 2.71. The highest BCUT2D eigenvalue weighted by atomic mass is 19.1. The van der Waals surface area contributed by atoms with Crippen molar-refractivity contribution in [3.8, 4) is 0 Å². The molecule has 28 heavy (non-hydrogen) atoms. The smallest absolute Gasteiger partial charge is 0.245 e. The van der Waals surface area contributed by atoms with Gasteiger partial charge in [-0.15, -0.1) is 0 Å². The third-order valence-electron chi connectivity index (χ3n) is 4.07. The monoisotopic (exact) mass is 382 g/mol. The van der Waals surface area contributed by atoms with Crippen LogP contribution in [0.1, 0.15) is 22.8 Å². The second kappa shape index (κ2) is 8.90. The first-order valence-corrected chi connectivity index (χ1v) is 8.66. The SMILES string of the molecule is Cc1cc(NC(=O)CNC(=O)C(Cc2cccnc2)c2ccc(F)cc2)no1. The summed E-state index contributed by atoms with van der Waals surface area (Å²) < 4.78 is 18.1. The Bertz CT molecular complexity index is 942. The molecule has 0 saturated heterocycles. The van der Waals surface area contributed by atoms with Crippen LogP contribution in [0.5, 0.6) is 0 Å².